The minimum Gasteiger partial charge on any atom is -0.408 e. The molecular formula is C24H21F2N3O4S. The predicted molar refractivity (Wildman–Crippen MR) is 122 cm³/mol. The second kappa shape index (κ2) is 8.35. The maximum atomic E-state index is 15.1. The maximum absolute atomic E-state index is 15.1. The summed E-state index contributed by atoms with van der Waals surface area (Å²) in [5.41, 5.74) is 2.18. The molecule has 0 saturated heterocycles. The van der Waals surface area contributed by atoms with Crippen LogP contribution in [0.15, 0.2) is 68.8 Å². The van der Waals surface area contributed by atoms with E-state index in [1.165, 1.54) is 4.57 Å². The van der Waals surface area contributed by atoms with E-state index in [0.717, 1.165) is 60.9 Å². The van der Waals surface area contributed by atoms with Crippen molar-refractivity contribution in [1.82, 2.24) is 9.55 Å². The SMILES string of the molecule is C[C@H](c1ccccc1C1CCC1)n1c(=O)oc2cc(S(=O)(=O)Nc3ccc(F)cn3)c(F)cc21. The third kappa shape index (κ3) is 3.87. The molecule has 0 amide bonds. The van der Waals surface area contributed by atoms with E-state index in [9.17, 15) is 17.6 Å². The molecule has 7 nitrogen and oxygen atoms in total. The molecule has 0 spiro atoms. The summed E-state index contributed by atoms with van der Waals surface area (Å²) in [5, 5.41) is 0. The first-order valence-electron chi connectivity index (χ1n) is 10.8. The van der Waals surface area contributed by atoms with Gasteiger partial charge in [-0.3, -0.25) is 9.29 Å². The first-order valence-corrected chi connectivity index (χ1v) is 12.3. The van der Waals surface area contributed by atoms with Gasteiger partial charge in [-0.2, -0.15) is 0 Å². The number of hydrogen-bond donors (Lipinski definition) is 1. The van der Waals surface area contributed by atoms with Crippen LogP contribution in [0.5, 0.6) is 0 Å². The molecule has 1 aliphatic carbocycles. The fraction of sp³-hybridized carbons (Fsp3) is 0.250. The number of pyridine rings is 1. The minimum absolute atomic E-state index is 0.0631. The Morgan fingerprint density at radius 3 is 2.59 bits per heavy atom. The average Bonchev–Trinajstić information content (AvgIpc) is 3.08. The van der Waals surface area contributed by atoms with Gasteiger partial charge in [-0.25, -0.2) is 27.0 Å². The first-order chi connectivity index (χ1) is 16.2. The third-order valence-electron chi connectivity index (χ3n) is 6.30. The van der Waals surface area contributed by atoms with Gasteiger partial charge in [0.15, 0.2) is 5.58 Å². The summed E-state index contributed by atoms with van der Waals surface area (Å²) in [6, 6.07) is 11.5. The molecule has 2 aromatic carbocycles. The molecule has 4 aromatic rings. The van der Waals surface area contributed by atoms with Crippen molar-refractivity contribution >= 4 is 26.9 Å². The van der Waals surface area contributed by atoms with Crippen LogP contribution in [-0.2, 0) is 10.0 Å². The second-order valence-electron chi connectivity index (χ2n) is 8.39. The van der Waals surface area contributed by atoms with Gasteiger partial charge >= 0.3 is 5.76 Å². The van der Waals surface area contributed by atoms with E-state index in [2.05, 4.69) is 9.71 Å². The van der Waals surface area contributed by atoms with Crippen LogP contribution in [0, 0.1) is 11.6 Å². The van der Waals surface area contributed by atoms with Crippen LogP contribution in [0.25, 0.3) is 11.1 Å². The van der Waals surface area contributed by atoms with Crippen LogP contribution < -0.4 is 10.5 Å². The number of aromatic nitrogens is 2. The monoisotopic (exact) mass is 485 g/mol. The number of fused-ring (bicyclic) bond motifs is 1. The Balaban J connectivity index is 1.56. The summed E-state index contributed by atoms with van der Waals surface area (Å²) in [4.78, 5) is 15.7. The van der Waals surface area contributed by atoms with E-state index < -0.39 is 38.4 Å². The average molecular weight is 486 g/mol. The molecule has 2 heterocycles. The highest BCUT2D eigenvalue weighted by molar-refractivity contribution is 7.92. The number of rotatable bonds is 6. The highest BCUT2D eigenvalue weighted by Gasteiger charge is 2.28. The Labute approximate surface area is 194 Å². The van der Waals surface area contributed by atoms with Gasteiger partial charge in [0.2, 0.25) is 0 Å². The fourth-order valence-corrected chi connectivity index (χ4v) is 5.44. The Kier molecular flexibility index (Phi) is 5.47. The zero-order valence-electron chi connectivity index (χ0n) is 18.2. The first kappa shape index (κ1) is 22.3. The quantitative estimate of drug-likeness (QED) is 0.417. The van der Waals surface area contributed by atoms with Crippen LogP contribution >= 0.6 is 0 Å². The van der Waals surface area contributed by atoms with Crippen LogP contribution in [0.1, 0.15) is 49.3 Å². The molecular weight excluding hydrogens is 464 g/mol. The number of oxazole rings is 1. The zero-order valence-corrected chi connectivity index (χ0v) is 19.0. The number of nitrogens with one attached hydrogen (secondary N) is 1. The van der Waals surface area contributed by atoms with Crippen LogP contribution in [-0.4, -0.2) is 18.0 Å². The fourth-order valence-electron chi connectivity index (χ4n) is 4.36. The van der Waals surface area contributed by atoms with Gasteiger partial charge in [-0.05, 0) is 48.9 Å². The molecule has 2 aromatic heterocycles. The van der Waals surface area contributed by atoms with Crippen molar-refractivity contribution in [3.05, 3.63) is 88.0 Å². The van der Waals surface area contributed by atoms with Crippen molar-refractivity contribution in [3.8, 4) is 0 Å². The molecule has 1 atom stereocenters. The molecule has 0 bridgehead atoms. The van der Waals surface area contributed by atoms with Crippen molar-refractivity contribution in [1.29, 1.82) is 0 Å². The van der Waals surface area contributed by atoms with Gasteiger partial charge in [0.05, 0.1) is 17.8 Å². The molecule has 176 valence electrons. The van der Waals surface area contributed by atoms with Crippen LogP contribution in [0.3, 0.4) is 0 Å². The number of sulfonamides is 1. The molecule has 0 radical (unpaired) electrons. The molecule has 0 unspecified atom stereocenters. The van der Waals surface area contributed by atoms with Gasteiger partial charge in [-0.15, -0.1) is 0 Å². The predicted octanol–water partition coefficient (Wildman–Crippen LogP) is 4.95. The Morgan fingerprint density at radius 1 is 1.15 bits per heavy atom. The van der Waals surface area contributed by atoms with Crippen molar-refractivity contribution < 1.29 is 21.6 Å². The Bertz CT molecular complexity index is 1540. The summed E-state index contributed by atoms with van der Waals surface area (Å²) in [6.45, 7) is 1.83. The maximum Gasteiger partial charge on any atom is 0.420 e. The van der Waals surface area contributed by atoms with Crippen LogP contribution in [0.2, 0.25) is 0 Å². The highest BCUT2D eigenvalue weighted by Crippen LogP contribution is 2.40. The van der Waals surface area contributed by atoms with Gasteiger partial charge in [0, 0.05) is 12.1 Å². The molecule has 1 aliphatic rings. The van der Waals surface area contributed by atoms with Gasteiger partial charge < -0.3 is 4.42 Å². The summed E-state index contributed by atoms with van der Waals surface area (Å²) >= 11 is 0. The lowest BCUT2D eigenvalue weighted by atomic mass is 9.77. The molecule has 34 heavy (non-hydrogen) atoms. The van der Waals surface area contributed by atoms with Crippen molar-refractivity contribution in [2.24, 2.45) is 0 Å². The highest BCUT2D eigenvalue weighted by atomic mass is 32.2. The van der Waals surface area contributed by atoms with E-state index >= 15 is 4.39 Å². The topological polar surface area (TPSA) is 94.2 Å². The largest absolute Gasteiger partial charge is 0.420 e. The summed E-state index contributed by atoms with van der Waals surface area (Å²) in [6.07, 6.45) is 4.15. The number of hydrogen-bond acceptors (Lipinski definition) is 5. The van der Waals surface area contributed by atoms with Gasteiger partial charge in [0.25, 0.3) is 10.0 Å². The van der Waals surface area contributed by atoms with Crippen molar-refractivity contribution in [3.63, 3.8) is 0 Å². The van der Waals surface area contributed by atoms with Gasteiger partial charge in [-0.1, -0.05) is 30.7 Å². The van der Waals surface area contributed by atoms with Crippen LogP contribution in [0.4, 0.5) is 14.6 Å². The molecule has 1 fully saturated rings. The lowest BCUT2D eigenvalue weighted by molar-refractivity contribution is 0.412. The van der Waals surface area contributed by atoms with Crippen molar-refractivity contribution in [2.45, 2.75) is 43.0 Å². The number of halogens is 2. The second-order valence-corrected chi connectivity index (χ2v) is 10.0. The summed E-state index contributed by atoms with van der Waals surface area (Å²) in [5.74, 6) is -2.18. The minimum atomic E-state index is -4.42. The zero-order chi connectivity index (χ0) is 24.0. The standard InChI is InChI=1S/C24H21F2N3O4S/c1-14(17-7-2-3-8-18(17)15-5-4-6-15)29-20-11-19(26)22(12-21(20)33-24(29)30)34(31,32)28-23-10-9-16(25)13-27-23/h2-3,7-15H,4-6H2,1H3,(H,27,28)/t14-/m1/s1. The Hall–Kier alpha value is -3.53. The third-order valence-corrected chi connectivity index (χ3v) is 7.67. The van der Waals surface area contributed by atoms with Crippen molar-refractivity contribution in [2.75, 3.05) is 4.72 Å². The molecule has 1 saturated carbocycles. The van der Waals surface area contributed by atoms with E-state index in [1.54, 1.807) is 0 Å². The van der Waals surface area contributed by atoms with Gasteiger partial charge in [0.1, 0.15) is 22.3 Å². The van der Waals surface area contributed by atoms with E-state index in [-0.39, 0.29) is 16.9 Å². The number of anilines is 1. The Morgan fingerprint density at radius 2 is 1.91 bits per heavy atom. The molecule has 10 heteroatoms. The number of nitrogens with zero attached hydrogens (tertiary/aromatic N) is 2. The lowest BCUT2D eigenvalue weighted by Crippen LogP contribution is -2.22. The summed E-state index contributed by atoms with van der Waals surface area (Å²) in [7, 11) is -4.42. The van der Waals surface area contributed by atoms with E-state index in [1.807, 2.05) is 31.2 Å². The molecule has 0 aliphatic heterocycles. The van der Waals surface area contributed by atoms with E-state index in [0.29, 0.717) is 5.92 Å². The smallest absolute Gasteiger partial charge is 0.408 e. The molecule has 1 N–H and O–H groups in total. The molecule has 5 rings (SSSR count). The lowest BCUT2D eigenvalue weighted by Gasteiger charge is -2.29. The normalized spacial score (nSPS) is 15.3. The van der Waals surface area contributed by atoms with E-state index in [4.69, 9.17) is 4.42 Å². The number of benzene rings is 2. The summed E-state index contributed by atoms with van der Waals surface area (Å²) < 4.78 is 62.4.